The molecule has 0 radical (unpaired) electrons. The zero-order valence-corrected chi connectivity index (χ0v) is 12.2. The molecule has 1 aliphatic rings. The molecule has 0 aromatic heterocycles. The number of nitrogens with one attached hydrogen (secondary N) is 1. The van der Waals surface area contributed by atoms with Crippen LogP contribution in [0.5, 0.6) is 0 Å². The summed E-state index contributed by atoms with van der Waals surface area (Å²) in [5, 5.41) is 4.42. The second-order valence-corrected chi connectivity index (χ2v) is 7.34. The smallest absolute Gasteiger partial charge is 0.0174 e. The fourth-order valence-electron chi connectivity index (χ4n) is 2.01. The van der Waals surface area contributed by atoms with Crippen LogP contribution in [0.25, 0.3) is 0 Å². The molecule has 3 heteroatoms. The molecule has 2 nitrogen and oxygen atoms in total. The standard InChI is InChI=1S/C13H28N2S/c1-13(2,3)14-8-9-15(4)11-12-7-5-6-10-16-12/h12,14H,5-11H2,1-4H3. The van der Waals surface area contributed by atoms with Gasteiger partial charge in [0.1, 0.15) is 0 Å². The molecule has 1 atom stereocenters. The number of rotatable bonds is 5. The molecule has 1 unspecified atom stereocenters. The van der Waals surface area contributed by atoms with E-state index in [1.165, 1.54) is 31.6 Å². The molecule has 1 saturated heterocycles. The van der Waals surface area contributed by atoms with E-state index in [9.17, 15) is 0 Å². The summed E-state index contributed by atoms with van der Waals surface area (Å²) in [4.78, 5) is 2.47. The van der Waals surface area contributed by atoms with Crippen LogP contribution in [0.3, 0.4) is 0 Å². The SMILES string of the molecule is CN(CCNC(C)(C)C)CC1CCCCS1. The quantitative estimate of drug-likeness (QED) is 0.800. The van der Waals surface area contributed by atoms with Crippen molar-refractivity contribution in [2.75, 3.05) is 32.4 Å². The van der Waals surface area contributed by atoms with Gasteiger partial charge in [-0.25, -0.2) is 0 Å². The second kappa shape index (κ2) is 6.87. The average Bonchev–Trinajstić information content (AvgIpc) is 2.17. The summed E-state index contributed by atoms with van der Waals surface area (Å²) >= 11 is 2.17. The molecule has 0 aromatic rings. The van der Waals surface area contributed by atoms with Crippen molar-refractivity contribution in [3.8, 4) is 0 Å². The first-order valence-electron chi connectivity index (χ1n) is 6.52. The third kappa shape index (κ3) is 6.77. The van der Waals surface area contributed by atoms with E-state index in [4.69, 9.17) is 0 Å². The maximum absolute atomic E-state index is 3.54. The van der Waals surface area contributed by atoms with Gasteiger partial charge in [0.25, 0.3) is 0 Å². The molecular weight excluding hydrogens is 216 g/mol. The average molecular weight is 244 g/mol. The van der Waals surface area contributed by atoms with Crippen molar-refractivity contribution in [1.82, 2.24) is 10.2 Å². The summed E-state index contributed by atoms with van der Waals surface area (Å²) in [6.45, 7) is 10.2. The lowest BCUT2D eigenvalue weighted by Gasteiger charge is -2.28. The molecule has 16 heavy (non-hydrogen) atoms. The van der Waals surface area contributed by atoms with Crippen LogP contribution in [0, 0.1) is 0 Å². The summed E-state index contributed by atoms with van der Waals surface area (Å²) < 4.78 is 0. The molecule has 1 heterocycles. The van der Waals surface area contributed by atoms with Crippen molar-refractivity contribution in [3.05, 3.63) is 0 Å². The number of likely N-dealkylation sites (N-methyl/N-ethyl adjacent to an activating group) is 1. The monoisotopic (exact) mass is 244 g/mol. The lowest BCUT2D eigenvalue weighted by Crippen LogP contribution is -2.41. The predicted molar refractivity (Wildman–Crippen MR) is 75.3 cm³/mol. The van der Waals surface area contributed by atoms with Gasteiger partial charge in [-0.2, -0.15) is 11.8 Å². The predicted octanol–water partition coefficient (Wildman–Crippen LogP) is 2.59. The van der Waals surface area contributed by atoms with Crippen LogP contribution in [-0.2, 0) is 0 Å². The minimum atomic E-state index is 0.250. The van der Waals surface area contributed by atoms with Gasteiger partial charge in [-0.05, 0) is 46.4 Å². The molecule has 1 rings (SSSR count). The van der Waals surface area contributed by atoms with Crippen molar-refractivity contribution in [2.45, 2.75) is 50.8 Å². The summed E-state index contributed by atoms with van der Waals surface area (Å²) in [5.41, 5.74) is 0.250. The van der Waals surface area contributed by atoms with Crippen molar-refractivity contribution in [1.29, 1.82) is 0 Å². The largest absolute Gasteiger partial charge is 0.311 e. The minimum Gasteiger partial charge on any atom is -0.311 e. The van der Waals surface area contributed by atoms with Crippen LogP contribution in [0.4, 0.5) is 0 Å². The number of hydrogen-bond donors (Lipinski definition) is 1. The van der Waals surface area contributed by atoms with Gasteiger partial charge in [-0.1, -0.05) is 6.42 Å². The first-order chi connectivity index (χ1) is 7.47. The van der Waals surface area contributed by atoms with E-state index in [2.05, 4.69) is 49.8 Å². The Kier molecular flexibility index (Phi) is 6.16. The molecular formula is C13H28N2S. The van der Waals surface area contributed by atoms with E-state index in [1.807, 2.05) is 0 Å². The van der Waals surface area contributed by atoms with Crippen LogP contribution in [0.1, 0.15) is 40.0 Å². The third-order valence-corrected chi connectivity index (χ3v) is 4.32. The normalized spacial score (nSPS) is 22.7. The number of hydrogen-bond acceptors (Lipinski definition) is 3. The molecule has 1 fully saturated rings. The maximum atomic E-state index is 3.54. The Morgan fingerprint density at radius 3 is 2.62 bits per heavy atom. The van der Waals surface area contributed by atoms with Crippen molar-refractivity contribution in [3.63, 3.8) is 0 Å². The van der Waals surface area contributed by atoms with Gasteiger partial charge >= 0.3 is 0 Å². The molecule has 0 bridgehead atoms. The van der Waals surface area contributed by atoms with E-state index in [0.29, 0.717) is 0 Å². The minimum absolute atomic E-state index is 0.250. The highest BCUT2D eigenvalue weighted by atomic mass is 32.2. The molecule has 0 amide bonds. The Labute approximate surface area is 106 Å². The van der Waals surface area contributed by atoms with Gasteiger partial charge in [-0.3, -0.25) is 0 Å². The second-order valence-electron chi connectivity index (χ2n) is 5.93. The molecule has 0 aromatic carbocycles. The Bertz CT molecular complexity index is 183. The first kappa shape index (κ1) is 14.3. The summed E-state index contributed by atoms with van der Waals surface area (Å²) in [6.07, 6.45) is 4.28. The highest BCUT2D eigenvalue weighted by Crippen LogP contribution is 2.25. The third-order valence-electron chi connectivity index (χ3n) is 2.94. The topological polar surface area (TPSA) is 15.3 Å². The molecule has 0 saturated carbocycles. The Morgan fingerprint density at radius 1 is 1.31 bits per heavy atom. The summed E-state index contributed by atoms with van der Waals surface area (Å²) in [6, 6.07) is 0. The first-order valence-corrected chi connectivity index (χ1v) is 7.57. The lowest BCUT2D eigenvalue weighted by atomic mass is 10.1. The Hall–Kier alpha value is 0.270. The van der Waals surface area contributed by atoms with E-state index in [1.54, 1.807) is 0 Å². The van der Waals surface area contributed by atoms with Gasteiger partial charge in [0.2, 0.25) is 0 Å². The number of nitrogens with zero attached hydrogens (tertiary/aromatic N) is 1. The fourth-order valence-corrected chi connectivity index (χ4v) is 3.41. The van der Waals surface area contributed by atoms with E-state index >= 15 is 0 Å². The lowest BCUT2D eigenvalue weighted by molar-refractivity contribution is 0.305. The van der Waals surface area contributed by atoms with Gasteiger partial charge in [0, 0.05) is 30.4 Å². The van der Waals surface area contributed by atoms with Crippen LogP contribution in [-0.4, -0.2) is 48.1 Å². The van der Waals surface area contributed by atoms with Crippen molar-refractivity contribution < 1.29 is 0 Å². The van der Waals surface area contributed by atoms with Gasteiger partial charge in [0.15, 0.2) is 0 Å². The van der Waals surface area contributed by atoms with Crippen LogP contribution in [0.2, 0.25) is 0 Å². The highest BCUT2D eigenvalue weighted by Gasteiger charge is 2.16. The molecule has 1 aliphatic heterocycles. The molecule has 0 aliphatic carbocycles. The van der Waals surface area contributed by atoms with Gasteiger partial charge in [-0.15, -0.1) is 0 Å². The van der Waals surface area contributed by atoms with Gasteiger partial charge in [0.05, 0.1) is 0 Å². The zero-order chi connectivity index (χ0) is 12.0. The molecule has 96 valence electrons. The molecule has 1 N–H and O–H groups in total. The van der Waals surface area contributed by atoms with Crippen LogP contribution < -0.4 is 5.32 Å². The summed E-state index contributed by atoms with van der Waals surface area (Å²) in [7, 11) is 2.25. The van der Waals surface area contributed by atoms with Crippen LogP contribution in [0.15, 0.2) is 0 Å². The van der Waals surface area contributed by atoms with Gasteiger partial charge < -0.3 is 10.2 Å². The zero-order valence-electron chi connectivity index (χ0n) is 11.4. The Balaban J connectivity index is 2.08. The van der Waals surface area contributed by atoms with E-state index < -0.39 is 0 Å². The van der Waals surface area contributed by atoms with E-state index in [0.717, 1.165) is 18.3 Å². The highest BCUT2D eigenvalue weighted by molar-refractivity contribution is 7.99. The van der Waals surface area contributed by atoms with Crippen molar-refractivity contribution in [2.24, 2.45) is 0 Å². The molecule has 0 spiro atoms. The Morgan fingerprint density at radius 2 is 2.06 bits per heavy atom. The maximum Gasteiger partial charge on any atom is 0.0174 e. The van der Waals surface area contributed by atoms with Crippen molar-refractivity contribution >= 4 is 11.8 Å². The fraction of sp³-hybridized carbons (Fsp3) is 1.00. The van der Waals surface area contributed by atoms with E-state index in [-0.39, 0.29) is 5.54 Å². The summed E-state index contributed by atoms with van der Waals surface area (Å²) in [5.74, 6) is 1.37. The van der Waals surface area contributed by atoms with Crippen LogP contribution >= 0.6 is 11.8 Å². The number of thioether (sulfide) groups is 1.